The number of nitrogens with two attached hydrogens (primary N) is 1. The maximum absolute atomic E-state index is 12.8. The molecule has 0 rings (SSSR count). The Morgan fingerprint density at radius 1 is 0.931 bits per heavy atom. The molecule has 29 heavy (non-hydrogen) atoms. The maximum atomic E-state index is 12.8. The molecule has 0 aliphatic heterocycles. The maximum Gasteiger partial charge on any atom is 0.245 e. The molecule has 0 radical (unpaired) electrons. The van der Waals surface area contributed by atoms with Crippen LogP contribution in [-0.4, -0.2) is 79.0 Å². The first-order valence-corrected chi connectivity index (χ1v) is 9.93. The summed E-state index contributed by atoms with van der Waals surface area (Å²) in [4.78, 5) is 50.3. The monoisotopic (exact) mass is 415 g/mol. The summed E-state index contributed by atoms with van der Waals surface area (Å²) < 4.78 is 0. The van der Waals surface area contributed by atoms with Gasteiger partial charge in [-0.1, -0.05) is 13.8 Å². The first kappa shape index (κ1) is 26.8. The van der Waals surface area contributed by atoms with Gasteiger partial charge in [0.2, 0.25) is 23.6 Å². The Morgan fingerprint density at radius 2 is 1.48 bits per heavy atom. The predicted molar refractivity (Wildman–Crippen MR) is 110 cm³/mol. The van der Waals surface area contributed by atoms with E-state index in [1.54, 1.807) is 14.1 Å². The molecule has 0 unspecified atom stereocenters. The molecular formula is C19H37N5O5. The number of carbonyl (C=O) groups excluding carboxylic acids is 4. The van der Waals surface area contributed by atoms with Crippen molar-refractivity contribution in [2.24, 2.45) is 11.7 Å². The van der Waals surface area contributed by atoms with Crippen LogP contribution in [0.15, 0.2) is 0 Å². The van der Waals surface area contributed by atoms with Crippen molar-refractivity contribution >= 4 is 23.6 Å². The van der Waals surface area contributed by atoms with E-state index in [1.165, 1.54) is 11.8 Å². The van der Waals surface area contributed by atoms with Gasteiger partial charge < -0.3 is 31.7 Å². The highest BCUT2D eigenvalue weighted by molar-refractivity contribution is 5.94. The van der Waals surface area contributed by atoms with Gasteiger partial charge in [-0.15, -0.1) is 0 Å². The van der Waals surface area contributed by atoms with E-state index in [1.807, 2.05) is 13.8 Å². The predicted octanol–water partition coefficient (Wildman–Crippen LogP) is -1.28. The van der Waals surface area contributed by atoms with Crippen molar-refractivity contribution < 1.29 is 24.3 Å². The average Bonchev–Trinajstić information content (AvgIpc) is 2.63. The van der Waals surface area contributed by atoms with Crippen molar-refractivity contribution in [3.8, 4) is 0 Å². The summed E-state index contributed by atoms with van der Waals surface area (Å²) in [6.07, 6.45) is 2.03. The zero-order chi connectivity index (χ0) is 22.6. The fourth-order valence-corrected chi connectivity index (χ4v) is 2.75. The SMILES string of the molecule is CC(=O)N[C@H](CO)C(=O)N[C@H](CCCCN)C(=O)N[C@H](CC(C)C)C(=O)N(C)C. The standard InChI is InChI=1S/C19H37N5O5/c1-12(2)10-15(19(29)24(4)5)23-17(27)14(8-6-7-9-20)22-18(28)16(11-25)21-13(3)26/h12,14-16,25H,6-11,20H2,1-5H3,(H,21,26)(H,22,28)(H,23,27)/t14-,15-,16-/m1/s1. The lowest BCUT2D eigenvalue weighted by molar-refractivity contribution is -0.136. The summed E-state index contributed by atoms with van der Waals surface area (Å²) in [6, 6.07) is -2.79. The van der Waals surface area contributed by atoms with Crippen LogP contribution in [0.2, 0.25) is 0 Å². The van der Waals surface area contributed by atoms with Crippen molar-refractivity contribution in [2.75, 3.05) is 27.2 Å². The Hall–Kier alpha value is -2.20. The molecular weight excluding hydrogens is 378 g/mol. The second-order valence-electron chi connectivity index (χ2n) is 7.70. The van der Waals surface area contributed by atoms with Crippen molar-refractivity contribution in [1.29, 1.82) is 0 Å². The molecule has 4 amide bonds. The summed E-state index contributed by atoms with van der Waals surface area (Å²) in [7, 11) is 3.23. The molecule has 10 nitrogen and oxygen atoms in total. The van der Waals surface area contributed by atoms with E-state index in [-0.39, 0.29) is 11.8 Å². The van der Waals surface area contributed by atoms with Crippen LogP contribution in [0.25, 0.3) is 0 Å². The molecule has 6 N–H and O–H groups in total. The number of aliphatic hydroxyl groups excluding tert-OH is 1. The van der Waals surface area contributed by atoms with Gasteiger partial charge in [0.15, 0.2) is 0 Å². The molecule has 0 heterocycles. The summed E-state index contributed by atoms with van der Waals surface area (Å²) in [6.45, 7) is 4.97. The van der Waals surface area contributed by atoms with Gasteiger partial charge in [0.05, 0.1) is 6.61 Å². The smallest absolute Gasteiger partial charge is 0.245 e. The third-order valence-electron chi connectivity index (χ3n) is 4.22. The largest absolute Gasteiger partial charge is 0.394 e. The molecule has 0 aliphatic rings. The number of hydrogen-bond acceptors (Lipinski definition) is 6. The fraction of sp³-hybridized carbons (Fsp3) is 0.789. The van der Waals surface area contributed by atoms with E-state index in [4.69, 9.17) is 5.73 Å². The number of aliphatic hydroxyl groups is 1. The quantitative estimate of drug-likeness (QED) is 0.236. The number of rotatable bonds is 13. The molecule has 0 aromatic carbocycles. The first-order valence-electron chi connectivity index (χ1n) is 9.93. The molecule has 0 aliphatic carbocycles. The minimum Gasteiger partial charge on any atom is -0.394 e. The number of nitrogens with zero attached hydrogens (tertiary/aromatic N) is 1. The van der Waals surface area contributed by atoms with Crippen LogP contribution in [0.1, 0.15) is 46.5 Å². The molecule has 168 valence electrons. The number of unbranched alkanes of at least 4 members (excludes halogenated alkanes) is 1. The molecule has 3 atom stereocenters. The van der Waals surface area contributed by atoms with Gasteiger partial charge in [0.1, 0.15) is 18.1 Å². The van der Waals surface area contributed by atoms with E-state index in [0.717, 1.165) is 0 Å². The topological polar surface area (TPSA) is 154 Å². The third kappa shape index (κ3) is 10.8. The van der Waals surface area contributed by atoms with Gasteiger partial charge in [-0.05, 0) is 38.1 Å². The van der Waals surface area contributed by atoms with E-state index >= 15 is 0 Å². The lowest BCUT2D eigenvalue weighted by atomic mass is 10.0. The normalized spacial score (nSPS) is 13.9. The highest BCUT2D eigenvalue weighted by Crippen LogP contribution is 2.09. The fourth-order valence-electron chi connectivity index (χ4n) is 2.75. The number of hydrogen-bond donors (Lipinski definition) is 5. The molecule has 0 fully saturated rings. The van der Waals surface area contributed by atoms with E-state index < -0.39 is 42.5 Å². The van der Waals surface area contributed by atoms with E-state index in [9.17, 15) is 24.3 Å². The van der Waals surface area contributed by atoms with Gasteiger partial charge >= 0.3 is 0 Å². The Bertz CT molecular complexity index is 553. The number of likely N-dealkylation sites (N-methyl/N-ethyl adjacent to an activating group) is 1. The zero-order valence-electron chi connectivity index (χ0n) is 18.2. The average molecular weight is 416 g/mol. The number of amides is 4. The summed E-state index contributed by atoms with van der Waals surface area (Å²) in [5.41, 5.74) is 5.51. The van der Waals surface area contributed by atoms with Gasteiger partial charge in [-0.25, -0.2) is 0 Å². The molecule has 0 saturated heterocycles. The van der Waals surface area contributed by atoms with Gasteiger partial charge in [0, 0.05) is 21.0 Å². The molecule has 10 heteroatoms. The minimum absolute atomic E-state index is 0.174. The molecule has 0 spiro atoms. The Kier molecular flexibility index (Phi) is 12.8. The summed E-state index contributed by atoms with van der Waals surface area (Å²) in [5.74, 6) is -1.69. The van der Waals surface area contributed by atoms with Crippen LogP contribution in [0.4, 0.5) is 0 Å². The molecule has 0 saturated carbocycles. The number of nitrogens with one attached hydrogen (secondary N) is 3. The van der Waals surface area contributed by atoms with Crippen LogP contribution < -0.4 is 21.7 Å². The molecule has 0 bridgehead atoms. The second-order valence-corrected chi connectivity index (χ2v) is 7.70. The highest BCUT2D eigenvalue weighted by Gasteiger charge is 2.29. The lowest BCUT2D eigenvalue weighted by Gasteiger charge is -2.27. The van der Waals surface area contributed by atoms with Crippen LogP contribution in [0.5, 0.6) is 0 Å². The highest BCUT2D eigenvalue weighted by atomic mass is 16.3. The second kappa shape index (κ2) is 13.9. The van der Waals surface area contributed by atoms with Crippen molar-refractivity contribution in [2.45, 2.75) is 64.6 Å². The lowest BCUT2D eigenvalue weighted by Crippen LogP contribution is -2.57. The van der Waals surface area contributed by atoms with Crippen LogP contribution in [0, 0.1) is 5.92 Å². The minimum atomic E-state index is -1.16. The van der Waals surface area contributed by atoms with Crippen LogP contribution in [0.3, 0.4) is 0 Å². The Morgan fingerprint density at radius 3 is 1.93 bits per heavy atom. The Balaban J connectivity index is 5.33. The van der Waals surface area contributed by atoms with E-state index in [2.05, 4.69) is 16.0 Å². The van der Waals surface area contributed by atoms with Gasteiger partial charge in [-0.2, -0.15) is 0 Å². The van der Waals surface area contributed by atoms with E-state index in [0.29, 0.717) is 32.2 Å². The number of carbonyl (C=O) groups is 4. The van der Waals surface area contributed by atoms with Gasteiger partial charge in [-0.3, -0.25) is 19.2 Å². The Labute approximate surface area is 172 Å². The van der Waals surface area contributed by atoms with Crippen molar-refractivity contribution in [1.82, 2.24) is 20.9 Å². The summed E-state index contributed by atoms with van der Waals surface area (Å²) >= 11 is 0. The molecule has 0 aromatic heterocycles. The van der Waals surface area contributed by atoms with Crippen LogP contribution in [-0.2, 0) is 19.2 Å². The summed E-state index contributed by atoms with van der Waals surface area (Å²) in [5, 5.41) is 17.0. The first-order chi connectivity index (χ1) is 13.5. The van der Waals surface area contributed by atoms with Crippen molar-refractivity contribution in [3.63, 3.8) is 0 Å². The van der Waals surface area contributed by atoms with Crippen molar-refractivity contribution in [3.05, 3.63) is 0 Å². The zero-order valence-corrected chi connectivity index (χ0v) is 18.2. The van der Waals surface area contributed by atoms with Gasteiger partial charge in [0.25, 0.3) is 0 Å². The molecule has 0 aromatic rings. The third-order valence-corrected chi connectivity index (χ3v) is 4.22. The van der Waals surface area contributed by atoms with Crippen LogP contribution >= 0.6 is 0 Å².